The third-order valence-corrected chi connectivity index (χ3v) is 3.46. The van der Waals surface area contributed by atoms with Crippen LogP contribution in [0.5, 0.6) is 0 Å². The number of hydrogen-bond donors (Lipinski definition) is 0. The van der Waals surface area contributed by atoms with E-state index in [1.165, 1.54) is 0 Å². The first-order chi connectivity index (χ1) is 8.52. The maximum absolute atomic E-state index is 12.4. The fraction of sp³-hybridized carbons (Fsp3) is 0.400. The van der Waals surface area contributed by atoms with Crippen molar-refractivity contribution in [3.05, 3.63) is 35.5 Å². The molecule has 0 N–H and O–H groups in total. The molecule has 0 spiro atoms. The molecule has 0 unspecified atom stereocenters. The van der Waals surface area contributed by atoms with Crippen molar-refractivity contribution in [2.45, 2.75) is 13.3 Å². The number of Topliss-reactive ketones (excluding diaryl/α,β-unsaturated/α-hetero) is 1. The first kappa shape index (κ1) is 12.8. The van der Waals surface area contributed by atoms with Gasteiger partial charge in [-0.05, 0) is 27.1 Å². The number of aryl methyl sites for hydroxylation is 1. The Labute approximate surface area is 108 Å². The van der Waals surface area contributed by atoms with Crippen LogP contribution < -0.4 is 0 Å². The predicted octanol–water partition coefficient (Wildman–Crippen LogP) is 2.62. The molecule has 1 aromatic heterocycles. The minimum atomic E-state index is 0.234. The van der Waals surface area contributed by atoms with E-state index in [4.69, 9.17) is 0 Å². The number of para-hydroxylation sites is 1. The number of nitrogens with zero attached hydrogens (tertiary/aromatic N) is 2. The number of carbonyl (C=O) groups excluding carboxylic acids is 1. The average Bonchev–Trinajstić information content (AvgIpc) is 2.60. The quantitative estimate of drug-likeness (QED) is 0.772. The summed E-state index contributed by atoms with van der Waals surface area (Å²) < 4.78 is 2.10. The van der Waals surface area contributed by atoms with Crippen molar-refractivity contribution in [1.29, 1.82) is 0 Å². The number of benzene rings is 1. The summed E-state index contributed by atoms with van der Waals surface area (Å²) in [5.41, 5.74) is 3.07. The summed E-state index contributed by atoms with van der Waals surface area (Å²) in [6, 6.07) is 8.09. The Morgan fingerprint density at radius 1 is 1.28 bits per heavy atom. The lowest BCUT2D eigenvalue weighted by molar-refractivity contribution is 0.0973. The Hall–Kier alpha value is -1.61. The standard InChI is InChI=1S/C15H20N2O/c1-11-15(14(18)9-10-16(2)3)12-7-5-6-8-13(12)17(11)4/h5-8H,9-10H2,1-4H3. The smallest absolute Gasteiger partial charge is 0.166 e. The van der Waals surface area contributed by atoms with Gasteiger partial charge in [-0.25, -0.2) is 0 Å². The molecule has 0 fully saturated rings. The highest BCUT2D eigenvalue weighted by Crippen LogP contribution is 2.25. The molecule has 0 amide bonds. The first-order valence-corrected chi connectivity index (χ1v) is 6.24. The first-order valence-electron chi connectivity index (χ1n) is 6.24. The van der Waals surface area contributed by atoms with E-state index in [2.05, 4.69) is 10.6 Å². The molecule has 1 heterocycles. The molecule has 1 aromatic carbocycles. The van der Waals surface area contributed by atoms with E-state index in [9.17, 15) is 4.79 Å². The van der Waals surface area contributed by atoms with Gasteiger partial charge in [-0.3, -0.25) is 4.79 Å². The van der Waals surface area contributed by atoms with Crippen LogP contribution in [0.4, 0.5) is 0 Å². The second kappa shape index (κ2) is 4.94. The fourth-order valence-corrected chi connectivity index (χ4v) is 2.32. The van der Waals surface area contributed by atoms with Gasteiger partial charge in [0.05, 0.1) is 0 Å². The molecule has 0 saturated heterocycles. The van der Waals surface area contributed by atoms with Crippen LogP contribution in [0.3, 0.4) is 0 Å². The third kappa shape index (κ3) is 2.18. The van der Waals surface area contributed by atoms with Crippen LogP contribution in [0.15, 0.2) is 24.3 Å². The molecule has 18 heavy (non-hydrogen) atoms. The normalized spacial score (nSPS) is 11.4. The van der Waals surface area contributed by atoms with Gasteiger partial charge >= 0.3 is 0 Å². The Bertz CT molecular complexity index is 581. The number of carbonyl (C=O) groups is 1. The maximum Gasteiger partial charge on any atom is 0.166 e. The van der Waals surface area contributed by atoms with Crippen LogP contribution in [0.1, 0.15) is 22.5 Å². The van der Waals surface area contributed by atoms with E-state index in [0.29, 0.717) is 6.42 Å². The van der Waals surface area contributed by atoms with Gasteiger partial charge in [0, 0.05) is 42.2 Å². The van der Waals surface area contributed by atoms with Crippen molar-refractivity contribution in [2.75, 3.05) is 20.6 Å². The highest BCUT2D eigenvalue weighted by molar-refractivity contribution is 6.09. The van der Waals surface area contributed by atoms with Crippen LogP contribution >= 0.6 is 0 Å². The van der Waals surface area contributed by atoms with Gasteiger partial charge in [-0.1, -0.05) is 18.2 Å². The molecule has 0 saturated carbocycles. The zero-order valence-corrected chi connectivity index (χ0v) is 11.5. The van der Waals surface area contributed by atoms with Gasteiger partial charge in [-0.15, -0.1) is 0 Å². The summed E-state index contributed by atoms with van der Waals surface area (Å²) in [7, 11) is 5.99. The van der Waals surface area contributed by atoms with Gasteiger partial charge in [0.25, 0.3) is 0 Å². The van der Waals surface area contributed by atoms with Crippen LogP contribution in [0, 0.1) is 6.92 Å². The van der Waals surface area contributed by atoms with E-state index in [1.807, 2.05) is 51.2 Å². The highest BCUT2D eigenvalue weighted by atomic mass is 16.1. The van der Waals surface area contributed by atoms with Crippen LogP contribution in [0.2, 0.25) is 0 Å². The lowest BCUT2D eigenvalue weighted by Gasteiger charge is -2.08. The summed E-state index contributed by atoms with van der Waals surface area (Å²) in [5.74, 6) is 0.234. The van der Waals surface area contributed by atoms with Crippen molar-refractivity contribution in [3.8, 4) is 0 Å². The Kier molecular flexibility index (Phi) is 3.53. The third-order valence-electron chi connectivity index (χ3n) is 3.46. The molecule has 2 rings (SSSR count). The van der Waals surface area contributed by atoms with Gasteiger partial charge in [-0.2, -0.15) is 0 Å². The van der Waals surface area contributed by atoms with Gasteiger partial charge in [0.1, 0.15) is 0 Å². The molecule has 0 bridgehead atoms. The zero-order valence-electron chi connectivity index (χ0n) is 11.5. The molecule has 3 nitrogen and oxygen atoms in total. The van der Waals surface area contributed by atoms with Crippen molar-refractivity contribution >= 4 is 16.7 Å². The molecule has 0 aliphatic heterocycles. The monoisotopic (exact) mass is 244 g/mol. The summed E-state index contributed by atoms with van der Waals surface area (Å²) in [6.45, 7) is 2.81. The Morgan fingerprint density at radius 2 is 1.94 bits per heavy atom. The number of ketones is 1. The molecule has 0 aliphatic carbocycles. The number of hydrogen-bond acceptors (Lipinski definition) is 2. The largest absolute Gasteiger partial charge is 0.347 e. The van der Waals surface area contributed by atoms with E-state index >= 15 is 0 Å². The Morgan fingerprint density at radius 3 is 2.61 bits per heavy atom. The summed E-state index contributed by atoms with van der Waals surface area (Å²) in [5, 5.41) is 1.07. The second-order valence-corrected chi connectivity index (χ2v) is 5.01. The lowest BCUT2D eigenvalue weighted by Crippen LogP contribution is -2.17. The molecule has 96 valence electrons. The van der Waals surface area contributed by atoms with Crippen molar-refractivity contribution in [1.82, 2.24) is 9.47 Å². The molecule has 0 aliphatic rings. The van der Waals surface area contributed by atoms with Crippen molar-refractivity contribution < 1.29 is 4.79 Å². The summed E-state index contributed by atoms with van der Waals surface area (Å²) in [6.07, 6.45) is 0.571. The van der Waals surface area contributed by atoms with Gasteiger partial charge in [0.15, 0.2) is 5.78 Å². The van der Waals surface area contributed by atoms with Crippen molar-refractivity contribution in [2.24, 2.45) is 7.05 Å². The van der Waals surface area contributed by atoms with Crippen LogP contribution in [-0.2, 0) is 7.05 Å². The zero-order chi connectivity index (χ0) is 13.3. The van der Waals surface area contributed by atoms with Crippen LogP contribution in [0.25, 0.3) is 10.9 Å². The van der Waals surface area contributed by atoms with E-state index in [-0.39, 0.29) is 5.78 Å². The molecular weight excluding hydrogens is 224 g/mol. The molecular formula is C15H20N2O. The fourth-order valence-electron chi connectivity index (χ4n) is 2.32. The second-order valence-electron chi connectivity index (χ2n) is 5.01. The van der Waals surface area contributed by atoms with E-state index in [1.54, 1.807) is 0 Å². The number of rotatable bonds is 4. The summed E-state index contributed by atoms with van der Waals surface area (Å²) >= 11 is 0. The predicted molar refractivity (Wildman–Crippen MR) is 75.2 cm³/mol. The van der Waals surface area contributed by atoms with Crippen LogP contribution in [-0.4, -0.2) is 35.9 Å². The number of fused-ring (bicyclic) bond motifs is 1. The average molecular weight is 244 g/mol. The molecule has 3 heteroatoms. The molecule has 2 aromatic rings. The van der Waals surface area contributed by atoms with E-state index < -0.39 is 0 Å². The minimum Gasteiger partial charge on any atom is -0.347 e. The topological polar surface area (TPSA) is 25.2 Å². The van der Waals surface area contributed by atoms with Gasteiger partial charge in [0.2, 0.25) is 0 Å². The van der Waals surface area contributed by atoms with Gasteiger partial charge < -0.3 is 9.47 Å². The highest BCUT2D eigenvalue weighted by Gasteiger charge is 2.17. The van der Waals surface area contributed by atoms with E-state index in [0.717, 1.165) is 28.7 Å². The number of aromatic nitrogens is 1. The Balaban J connectivity index is 2.44. The van der Waals surface area contributed by atoms with Crippen molar-refractivity contribution in [3.63, 3.8) is 0 Å². The molecule has 0 atom stereocenters. The maximum atomic E-state index is 12.4. The summed E-state index contributed by atoms with van der Waals surface area (Å²) in [4.78, 5) is 14.4. The molecule has 0 radical (unpaired) electrons. The minimum absolute atomic E-state index is 0.234. The lowest BCUT2D eigenvalue weighted by atomic mass is 10.0. The SMILES string of the molecule is Cc1c(C(=O)CCN(C)C)c2ccccc2n1C.